The van der Waals surface area contributed by atoms with Crippen molar-refractivity contribution in [1.82, 2.24) is 4.90 Å². The fraction of sp³-hybridized carbons (Fsp3) is 0.786. The summed E-state index contributed by atoms with van der Waals surface area (Å²) in [5.74, 6) is 2.21. The van der Waals surface area contributed by atoms with Crippen LogP contribution in [0.5, 0.6) is 0 Å². The molecule has 1 saturated heterocycles. The second kappa shape index (κ2) is 8.69. The summed E-state index contributed by atoms with van der Waals surface area (Å²) >= 11 is 0. The maximum Gasteiger partial charge on any atom is 0.0811 e. The van der Waals surface area contributed by atoms with E-state index in [0.717, 1.165) is 37.1 Å². The van der Waals surface area contributed by atoms with E-state index < -0.39 is 12.2 Å². The van der Waals surface area contributed by atoms with Crippen molar-refractivity contribution in [2.45, 2.75) is 89.4 Å². The number of aliphatic hydroxyl groups excluding tert-OH is 2. The molecule has 178 valence electrons. The Kier molecular flexibility index (Phi) is 6.20. The average molecular weight is 442 g/mol. The van der Waals surface area contributed by atoms with Gasteiger partial charge in [-0.15, -0.1) is 0 Å². The van der Waals surface area contributed by atoms with E-state index in [-0.39, 0.29) is 5.60 Å². The lowest BCUT2D eigenvalue weighted by atomic mass is 9.61. The van der Waals surface area contributed by atoms with Crippen LogP contribution in [0.4, 0.5) is 0 Å². The second-order valence-electron chi connectivity index (χ2n) is 11.9. The Bertz CT molecular complexity index is 780. The third kappa shape index (κ3) is 4.29. The van der Waals surface area contributed by atoms with E-state index in [1.165, 1.54) is 51.5 Å². The van der Waals surface area contributed by atoms with Crippen LogP contribution in [-0.4, -0.2) is 59.2 Å². The first-order valence-electron chi connectivity index (χ1n) is 13.1. The molecule has 0 radical (unpaired) electrons. The van der Waals surface area contributed by atoms with E-state index in [9.17, 15) is 10.2 Å². The molecule has 4 saturated carbocycles. The lowest BCUT2D eigenvalue weighted by Crippen LogP contribution is -2.47. The molecule has 1 heterocycles. The third-order valence-corrected chi connectivity index (χ3v) is 9.71. The lowest BCUT2D eigenvalue weighted by molar-refractivity contribution is -0.0546. The molecule has 32 heavy (non-hydrogen) atoms. The second-order valence-corrected chi connectivity index (χ2v) is 11.9. The summed E-state index contributed by atoms with van der Waals surface area (Å²) in [5, 5.41) is 20.4. The highest BCUT2D eigenvalue weighted by atomic mass is 16.5. The molecule has 1 aliphatic heterocycles. The number of rotatable bonds is 4. The molecule has 1 spiro atoms. The van der Waals surface area contributed by atoms with Crippen molar-refractivity contribution in [3.8, 4) is 0 Å². The summed E-state index contributed by atoms with van der Waals surface area (Å²) < 4.78 is 6.04. The molecule has 5 fully saturated rings. The first-order valence-corrected chi connectivity index (χ1v) is 13.1. The van der Waals surface area contributed by atoms with E-state index in [2.05, 4.69) is 37.5 Å². The number of aliphatic hydroxyl groups is 2. The molecule has 0 aromatic rings. The van der Waals surface area contributed by atoms with Gasteiger partial charge in [0.25, 0.3) is 0 Å². The SMILES string of the molecule is C=C1[C@H](O)CC(=CC=C2CCC[C@]3(C)[C@@H](C(C)CN4CCOC5(CC5)C4)CC[C@@H]23)C[C@H]1O. The van der Waals surface area contributed by atoms with Gasteiger partial charge in [-0.1, -0.05) is 43.7 Å². The van der Waals surface area contributed by atoms with Gasteiger partial charge in [0.15, 0.2) is 0 Å². The summed E-state index contributed by atoms with van der Waals surface area (Å²) in [4.78, 5) is 2.69. The van der Waals surface area contributed by atoms with Crippen LogP contribution in [0.1, 0.15) is 71.6 Å². The normalized spacial score (nSPS) is 41.7. The topological polar surface area (TPSA) is 52.9 Å². The summed E-state index contributed by atoms with van der Waals surface area (Å²) in [5.41, 5.74) is 3.96. The first-order chi connectivity index (χ1) is 15.3. The van der Waals surface area contributed by atoms with Gasteiger partial charge in [0.2, 0.25) is 0 Å². The van der Waals surface area contributed by atoms with Gasteiger partial charge >= 0.3 is 0 Å². The minimum Gasteiger partial charge on any atom is -0.388 e. The Morgan fingerprint density at radius 3 is 2.62 bits per heavy atom. The average Bonchev–Trinajstić information content (AvgIpc) is 3.38. The number of hydrogen-bond donors (Lipinski definition) is 2. The number of allylic oxidation sites excluding steroid dienone is 3. The van der Waals surface area contributed by atoms with Gasteiger partial charge in [-0.3, -0.25) is 4.90 Å². The summed E-state index contributed by atoms with van der Waals surface area (Å²) in [7, 11) is 0. The molecule has 4 aliphatic carbocycles. The van der Waals surface area contributed by atoms with Crippen LogP contribution in [0.3, 0.4) is 0 Å². The Hall–Kier alpha value is -0.940. The number of nitrogens with zero attached hydrogens (tertiary/aromatic N) is 1. The van der Waals surface area contributed by atoms with Gasteiger partial charge in [-0.2, -0.15) is 0 Å². The Morgan fingerprint density at radius 1 is 1.16 bits per heavy atom. The summed E-state index contributed by atoms with van der Waals surface area (Å²) in [6, 6.07) is 0. The molecule has 4 heteroatoms. The zero-order valence-electron chi connectivity index (χ0n) is 20.2. The Labute approximate surface area is 194 Å². The standard InChI is InChI=1S/C28H43NO3/c1-19(17-29-13-14-32-28(18-29)11-12-28)23-8-9-24-22(5-4-10-27(23,24)3)7-6-21-15-25(30)20(2)26(31)16-21/h6-7,19,23-26,30-31H,2,4-5,8-18H2,1,3H3/t19?,23-,24+,25-,26-,27-/m1/s1. The molecule has 0 bridgehead atoms. The van der Waals surface area contributed by atoms with Crippen molar-refractivity contribution in [2.75, 3.05) is 26.2 Å². The Morgan fingerprint density at radius 2 is 1.91 bits per heavy atom. The molecule has 4 nitrogen and oxygen atoms in total. The highest BCUT2D eigenvalue weighted by Gasteiger charge is 2.52. The zero-order chi connectivity index (χ0) is 22.5. The highest BCUT2D eigenvalue weighted by molar-refractivity contribution is 5.29. The molecule has 0 amide bonds. The molecular weight excluding hydrogens is 398 g/mol. The molecule has 5 rings (SSSR count). The van der Waals surface area contributed by atoms with Crippen LogP contribution in [0.15, 0.2) is 35.5 Å². The maximum atomic E-state index is 10.2. The summed E-state index contributed by atoms with van der Waals surface area (Å²) in [6.07, 6.45) is 13.6. The fourth-order valence-electron chi connectivity index (χ4n) is 7.70. The van der Waals surface area contributed by atoms with E-state index in [0.29, 0.717) is 29.7 Å². The third-order valence-electron chi connectivity index (χ3n) is 9.71. The van der Waals surface area contributed by atoms with Crippen molar-refractivity contribution >= 4 is 0 Å². The number of fused-ring (bicyclic) bond motifs is 1. The first kappa shape index (κ1) is 22.8. The lowest BCUT2D eigenvalue weighted by Gasteiger charge is -2.45. The summed E-state index contributed by atoms with van der Waals surface area (Å²) in [6.45, 7) is 13.3. The molecule has 5 aliphatic rings. The van der Waals surface area contributed by atoms with Crippen LogP contribution < -0.4 is 0 Å². The largest absolute Gasteiger partial charge is 0.388 e. The van der Waals surface area contributed by atoms with Crippen molar-refractivity contribution < 1.29 is 14.9 Å². The van der Waals surface area contributed by atoms with Gasteiger partial charge in [0, 0.05) is 19.6 Å². The van der Waals surface area contributed by atoms with Crippen molar-refractivity contribution in [3.05, 3.63) is 35.5 Å². The Balaban J connectivity index is 1.26. The van der Waals surface area contributed by atoms with Crippen LogP contribution in [0, 0.1) is 23.2 Å². The van der Waals surface area contributed by atoms with E-state index in [1.807, 2.05) is 0 Å². The van der Waals surface area contributed by atoms with Gasteiger partial charge in [-0.05, 0) is 86.5 Å². The number of hydrogen-bond acceptors (Lipinski definition) is 4. The predicted molar refractivity (Wildman–Crippen MR) is 128 cm³/mol. The smallest absolute Gasteiger partial charge is 0.0811 e. The van der Waals surface area contributed by atoms with Crippen molar-refractivity contribution in [3.63, 3.8) is 0 Å². The monoisotopic (exact) mass is 441 g/mol. The predicted octanol–water partition coefficient (Wildman–Crippen LogP) is 4.63. The van der Waals surface area contributed by atoms with E-state index >= 15 is 0 Å². The zero-order valence-corrected chi connectivity index (χ0v) is 20.2. The van der Waals surface area contributed by atoms with Gasteiger partial charge in [0.05, 0.1) is 24.4 Å². The van der Waals surface area contributed by atoms with Crippen LogP contribution >= 0.6 is 0 Å². The van der Waals surface area contributed by atoms with Crippen LogP contribution in [0.2, 0.25) is 0 Å². The van der Waals surface area contributed by atoms with E-state index in [4.69, 9.17) is 4.74 Å². The highest BCUT2D eigenvalue weighted by Crippen LogP contribution is 2.59. The quantitative estimate of drug-likeness (QED) is 0.625. The minimum atomic E-state index is -0.605. The van der Waals surface area contributed by atoms with Gasteiger partial charge < -0.3 is 14.9 Å². The van der Waals surface area contributed by atoms with E-state index in [1.54, 1.807) is 5.57 Å². The van der Waals surface area contributed by atoms with Crippen LogP contribution in [0.25, 0.3) is 0 Å². The number of ether oxygens (including phenoxy) is 1. The van der Waals surface area contributed by atoms with Gasteiger partial charge in [0.1, 0.15) is 0 Å². The van der Waals surface area contributed by atoms with Crippen LogP contribution in [-0.2, 0) is 4.74 Å². The molecular formula is C28H43NO3. The van der Waals surface area contributed by atoms with Crippen molar-refractivity contribution in [1.29, 1.82) is 0 Å². The van der Waals surface area contributed by atoms with Crippen molar-refractivity contribution in [2.24, 2.45) is 23.2 Å². The maximum absolute atomic E-state index is 10.2. The molecule has 2 N–H and O–H groups in total. The molecule has 0 aromatic heterocycles. The van der Waals surface area contributed by atoms with Gasteiger partial charge in [-0.25, -0.2) is 0 Å². The molecule has 1 unspecified atom stereocenters. The number of morpholine rings is 1. The minimum absolute atomic E-state index is 0.223. The molecule has 0 aromatic carbocycles. The molecule has 6 atom stereocenters. The fourth-order valence-corrected chi connectivity index (χ4v) is 7.70.